The Kier molecular flexibility index (Phi) is 6.48. The van der Waals surface area contributed by atoms with Crippen molar-refractivity contribution in [1.29, 1.82) is 0 Å². The Balaban J connectivity index is 1.47. The minimum absolute atomic E-state index is 0.0751. The van der Waals surface area contributed by atoms with Crippen LogP contribution >= 0.6 is 0 Å². The van der Waals surface area contributed by atoms with Gasteiger partial charge in [0.05, 0.1) is 17.6 Å². The molecule has 33 heavy (non-hydrogen) atoms. The number of nitrogens with one attached hydrogen (secondary N) is 1. The quantitative estimate of drug-likeness (QED) is 0.585. The highest BCUT2D eigenvalue weighted by molar-refractivity contribution is 7.89. The third-order valence-electron chi connectivity index (χ3n) is 5.57. The van der Waals surface area contributed by atoms with E-state index in [4.69, 9.17) is 9.15 Å². The van der Waals surface area contributed by atoms with Gasteiger partial charge in [0, 0.05) is 18.7 Å². The molecule has 4 rings (SSSR count). The number of anilines is 1. The summed E-state index contributed by atoms with van der Waals surface area (Å²) in [5.74, 6) is 0.893. The Bertz CT molecular complexity index is 1230. The molecule has 1 fully saturated rings. The van der Waals surface area contributed by atoms with E-state index in [-0.39, 0.29) is 22.4 Å². The van der Waals surface area contributed by atoms with Gasteiger partial charge in [-0.15, -0.1) is 5.10 Å². The largest absolute Gasteiger partial charge is 0.496 e. The number of amides is 1. The number of sulfonamides is 1. The Morgan fingerprint density at radius 3 is 2.39 bits per heavy atom. The summed E-state index contributed by atoms with van der Waals surface area (Å²) in [5, 5.41) is 10.4. The summed E-state index contributed by atoms with van der Waals surface area (Å²) in [6, 6.07) is 12.9. The fourth-order valence-electron chi connectivity index (χ4n) is 4.10. The second kappa shape index (κ2) is 9.32. The number of piperidine rings is 1. The maximum absolute atomic E-state index is 13.0. The SMILES string of the molecule is COc1ccccc1-c1nnc(NC(=O)c2ccc(S(=O)(=O)N3CC(C)CC(C)C3)cc2)o1. The number of rotatable bonds is 6. The van der Waals surface area contributed by atoms with Gasteiger partial charge in [-0.25, -0.2) is 8.42 Å². The minimum atomic E-state index is -3.61. The van der Waals surface area contributed by atoms with Crippen molar-refractivity contribution in [3.8, 4) is 17.2 Å². The zero-order valence-electron chi connectivity index (χ0n) is 18.7. The van der Waals surface area contributed by atoms with Gasteiger partial charge in [0.2, 0.25) is 10.0 Å². The molecule has 0 radical (unpaired) electrons. The molecule has 1 N–H and O–H groups in total. The van der Waals surface area contributed by atoms with Crippen LogP contribution in [0.15, 0.2) is 57.8 Å². The van der Waals surface area contributed by atoms with Crippen LogP contribution in [0.2, 0.25) is 0 Å². The number of methoxy groups -OCH3 is 1. The van der Waals surface area contributed by atoms with E-state index in [0.717, 1.165) is 6.42 Å². The number of benzene rings is 2. The summed E-state index contributed by atoms with van der Waals surface area (Å²) in [6.07, 6.45) is 1.01. The number of nitrogens with zero attached hydrogens (tertiary/aromatic N) is 3. The molecule has 10 heteroatoms. The number of aromatic nitrogens is 2. The molecule has 2 aromatic carbocycles. The first-order valence-corrected chi connectivity index (χ1v) is 12.1. The molecular weight excluding hydrogens is 444 g/mol. The Morgan fingerprint density at radius 2 is 1.73 bits per heavy atom. The van der Waals surface area contributed by atoms with Crippen LogP contribution in [0.4, 0.5) is 6.01 Å². The Morgan fingerprint density at radius 1 is 1.06 bits per heavy atom. The van der Waals surface area contributed by atoms with Gasteiger partial charge in [-0.05, 0) is 54.7 Å². The predicted molar refractivity (Wildman–Crippen MR) is 122 cm³/mol. The van der Waals surface area contributed by atoms with Crippen molar-refractivity contribution >= 4 is 21.9 Å². The van der Waals surface area contributed by atoms with Crippen molar-refractivity contribution in [2.45, 2.75) is 25.2 Å². The van der Waals surface area contributed by atoms with E-state index in [2.05, 4.69) is 29.4 Å². The van der Waals surface area contributed by atoms with Crippen molar-refractivity contribution in [2.75, 3.05) is 25.5 Å². The number of carbonyl (C=O) groups excluding carboxylic acids is 1. The summed E-state index contributed by atoms with van der Waals surface area (Å²) in [5.41, 5.74) is 0.871. The average molecular weight is 471 g/mol. The Labute approximate surface area is 192 Å². The topological polar surface area (TPSA) is 115 Å². The summed E-state index contributed by atoms with van der Waals surface area (Å²) in [4.78, 5) is 12.8. The first-order chi connectivity index (χ1) is 15.8. The lowest BCUT2D eigenvalue weighted by Gasteiger charge is -2.34. The average Bonchev–Trinajstić information content (AvgIpc) is 3.26. The van der Waals surface area contributed by atoms with Crippen LogP contribution in [-0.2, 0) is 10.0 Å². The molecular formula is C23H26N4O5S. The van der Waals surface area contributed by atoms with Crippen LogP contribution in [0.3, 0.4) is 0 Å². The normalized spacial score (nSPS) is 19.2. The van der Waals surface area contributed by atoms with E-state index in [1.165, 1.54) is 35.7 Å². The second-order valence-corrected chi connectivity index (χ2v) is 10.3. The standard InChI is InChI=1S/C23H26N4O5S/c1-15-12-16(2)14-27(13-15)33(29,30)18-10-8-17(9-11-18)21(28)24-23-26-25-22(32-23)19-6-4-5-7-20(19)31-3/h4-11,15-16H,12-14H2,1-3H3,(H,24,26,28). The first-order valence-electron chi connectivity index (χ1n) is 10.7. The number of hydrogen-bond donors (Lipinski definition) is 1. The van der Waals surface area contributed by atoms with Gasteiger partial charge < -0.3 is 9.15 Å². The maximum Gasteiger partial charge on any atom is 0.322 e. The molecule has 1 aromatic heterocycles. The lowest BCUT2D eigenvalue weighted by Crippen LogP contribution is -2.42. The van der Waals surface area contributed by atoms with E-state index in [0.29, 0.717) is 36.2 Å². The molecule has 3 aromatic rings. The van der Waals surface area contributed by atoms with Gasteiger partial charge in [0.25, 0.3) is 11.8 Å². The van der Waals surface area contributed by atoms with Crippen molar-refractivity contribution in [3.63, 3.8) is 0 Å². The summed E-state index contributed by atoms with van der Waals surface area (Å²) < 4.78 is 38.4. The van der Waals surface area contributed by atoms with Crippen molar-refractivity contribution in [2.24, 2.45) is 11.8 Å². The molecule has 174 valence electrons. The van der Waals surface area contributed by atoms with Crippen LogP contribution in [0.5, 0.6) is 5.75 Å². The lowest BCUT2D eigenvalue weighted by molar-refractivity contribution is 0.102. The molecule has 0 bridgehead atoms. The third-order valence-corrected chi connectivity index (χ3v) is 7.42. The van der Waals surface area contributed by atoms with Crippen LogP contribution < -0.4 is 10.1 Å². The smallest absolute Gasteiger partial charge is 0.322 e. The predicted octanol–water partition coefficient (Wildman–Crippen LogP) is 3.66. The van der Waals surface area contributed by atoms with Crippen LogP contribution in [0, 0.1) is 11.8 Å². The van der Waals surface area contributed by atoms with E-state index >= 15 is 0 Å². The fourth-order valence-corrected chi connectivity index (χ4v) is 5.78. The summed E-state index contributed by atoms with van der Waals surface area (Å²) >= 11 is 0. The highest BCUT2D eigenvalue weighted by Gasteiger charge is 2.31. The zero-order chi connectivity index (χ0) is 23.6. The highest BCUT2D eigenvalue weighted by atomic mass is 32.2. The molecule has 1 aliphatic rings. The molecule has 0 aliphatic carbocycles. The van der Waals surface area contributed by atoms with E-state index < -0.39 is 15.9 Å². The highest BCUT2D eigenvalue weighted by Crippen LogP contribution is 2.30. The number of para-hydroxylation sites is 1. The van der Waals surface area contributed by atoms with E-state index in [1.54, 1.807) is 18.2 Å². The van der Waals surface area contributed by atoms with Crippen LogP contribution in [0.1, 0.15) is 30.6 Å². The number of carbonyl (C=O) groups is 1. The first kappa shape index (κ1) is 22.9. The summed E-state index contributed by atoms with van der Waals surface area (Å²) in [6.45, 7) is 5.12. The Hall–Kier alpha value is -3.24. The molecule has 2 heterocycles. The molecule has 0 spiro atoms. The number of ether oxygens (including phenoxy) is 1. The molecule has 1 amide bonds. The maximum atomic E-state index is 13.0. The summed E-state index contributed by atoms with van der Waals surface area (Å²) in [7, 11) is -2.08. The van der Waals surface area contributed by atoms with E-state index in [9.17, 15) is 13.2 Å². The van der Waals surface area contributed by atoms with Gasteiger partial charge in [-0.3, -0.25) is 10.1 Å². The minimum Gasteiger partial charge on any atom is -0.496 e. The molecule has 2 unspecified atom stereocenters. The molecule has 0 saturated carbocycles. The third kappa shape index (κ3) is 4.91. The number of hydrogen-bond acceptors (Lipinski definition) is 7. The van der Waals surface area contributed by atoms with Crippen LogP contribution in [0.25, 0.3) is 11.5 Å². The van der Waals surface area contributed by atoms with Gasteiger partial charge in [0.15, 0.2) is 0 Å². The lowest BCUT2D eigenvalue weighted by atomic mass is 9.94. The molecule has 2 atom stereocenters. The van der Waals surface area contributed by atoms with Gasteiger partial charge >= 0.3 is 6.01 Å². The van der Waals surface area contributed by atoms with Crippen molar-refractivity contribution in [1.82, 2.24) is 14.5 Å². The molecule has 1 aliphatic heterocycles. The van der Waals surface area contributed by atoms with Crippen LogP contribution in [-0.4, -0.2) is 49.0 Å². The van der Waals surface area contributed by atoms with Gasteiger partial charge in [-0.2, -0.15) is 4.31 Å². The molecule has 9 nitrogen and oxygen atoms in total. The van der Waals surface area contributed by atoms with Gasteiger partial charge in [-0.1, -0.05) is 31.1 Å². The van der Waals surface area contributed by atoms with E-state index in [1.807, 2.05) is 6.07 Å². The van der Waals surface area contributed by atoms with Gasteiger partial charge in [0.1, 0.15) is 5.75 Å². The van der Waals surface area contributed by atoms with Crippen molar-refractivity contribution < 1.29 is 22.4 Å². The zero-order valence-corrected chi connectivity index (χ0v) is 19.5. The monoisotopic (exact) mass is 470 g/mol. The van der Waals surface area contributed by atoms with Crippen molar-refractivity contribution in [3.05, 3.63) is 54.1 Å². The second-order valence-electron chi connectivity index (χ2n) is 8.36. The fraction of sp³-hybridized carbons (Fsp3) is 0.348. The molecule has 1 saturated heterocycles.